The standard InChI is InChI=1S/C17H18N4O2/c1-13-5-7-14(8-6-13)23-12-17(22)18-10-9-16-20-19-15-4-2-3-11-21(15)16/h2-8,11H,9-10,12H2,1H3,(H,18,22). The first-order chi connectivity index (χ1) is 11.2. The minimum Gasteiger partial charge on any atom is -0.484 e. The molecule has 3 rings (SSSR count). The quantitative estimate of drug-likeness (QED) is 0.753. The van der Waals surface area contributed by atoms with Crippen molar-refractivity contribution in [2.75, 3.05) is 13.2 Å². The number of hydrogen-bond donors (Lipinski definition) is 1. The maximum Gasteiger partial charge on any atom is 0.257 e. The molecule has 1 aromatic carbocycles. The highest BCUT2D eigenvalue weighted by atomic mass is 16.5. The highest BCUT2D eigenvalue weighted by molar-refractivity contribution is 5.77. The van der Waals surface area contributed by atoms with Crippen molar-refractivity contribution < 1.29 is 9.53 Å². The molecule has 0 unspecified atom stereocenters. The Morgan fingerprint density at radius 2 is 2.00 bits per heavy atom. The molecule has 23 heavy (non-hydrogen) atoms. The molecular weight excluding hydrogens is 292 g/mol. The van der Waals surface area contributed by atoms with Crippen LogP contribution >= 0.6 is 0 Å². The Hall–Kier alpha value is -2.89. The normalized spacial score (nSPS) is 10.7. The van der Waals surface area contributed by atoms with Gasteiger partial charge in [-0.15, -0.1) is 10.2 Å². The molecule has 1 amide bonds. The number of aromatic nitrogens is 3. The molecule has 0 fully saturated rings. The summed E-state index contributed by atoms with van der Waals surface area (Å²) >= 11 is 0. The van der Waals surface area contributed by atoms with Gasteiger partial charge in [0.2, 0.25) is 0 Å². The topological polar surface area (TPSA) is 68.5 Å². The number of pyridine rings is 1. The monoisotopic (exact) mass is 310 g/mol. The van der Waals surface area contributed by atoms with Gasteiger partial charge in [0.25, 0.3) is 5.91 Å². The molecule has 2 heterocycles. The van der Waals surface area contributed by atoms with Gasteiger partial charge in [-0.2, -0.15) is 0 Å². The number of hydrogen-bond acceptors (Lipinski definition) is 4. The fourth-order valence-electron chi connectivity index (χ4n) is 2.21. The van der Waals surface area contributed by atoms with E-state index in [4.69, 9.17) is 4.74 Å². The number of fused-ring (bicyclic) bond motifs is 1. The number of nitrogens with zero attached hydrogens (tertiary/aromatic N) is 3. The molecule has 0 atom stereocenters. The van der Waals surface area contributed by atoms with Crippen LogP contribution in [0.4, 0.5) is 0 Å². The summed E-state index contributed by atoms with van der Waals surface area (Å²) in [5.74, 6) is 1.36. The molecule has 0 spiro atoms. The molecule has 0 aliphatic carbocycles. The summed E-state index contributed by atoms with van der Waals surface area (Å²) in [6, 6.07) is 13.3. The van der Waals surface area contributed by atoms with E-state index in [1.807, 2.05) is 60.0 Å². The predicted octanol–water partition coefficient (Wildman–Crippen LogP) is 1.78. The number of nitrogens with one attached hydrogen (secondary N) is 1. The molecule has 0 radical (unpaired) electrons. The zero-order valence-corrected chi connectivity index (χ0v) is 12.9. The summed E-state index contributed by atoms with van der Waals surface area (Å²) in [7, 11) is 0. The van der Waals surface area contributed by atoms with Gasteiger partial charge >= 0.3 is 0 Å². The van der Waals surface area contributed by atoms with E-state index >= 15 is 0 Å². The predicted molar refractivity (Wildman–Crippen MR) is 86.4 cm³/mol. The number of benzene rings is 1. The molecule has 0 aliphatic heterocycles. The van der Waals surface area contributed by atoms with Crippen molar-refractivity contribution in [1.82, 2.24) is 19.9 Å². The Morgan fingerprint density at radius 3 is 2.83 bits per heavy atom. The van der Waals surface area contributed by atoms with Gasteiger partial charge in [0.1, 0.15) is 11.6 Å². The lowest BCUT2D eigenvalue weighted by molar-refractivity contribution is -0.123. The molecule has 3 aromatic rings. The van der Waals surface area contributed by atoms with E-state index in [-0.39, 0.29) is 12.5 Å². The van der Waals surface area contributed by atoms with Crippen LogP contribution in [0.2, 0.25) is 0 Å². The van der Waals surface area contributed by atoms with Gasteiger partial charge in [0.15, 0.2) is 12.3 Å². The number of carbonyl (C=O) groups excluding carboxylic acids is 1. The Balaban J connectivity index is 1.45. The van der Waals surface area contributed by atoms with Crippen LogP contribution in [0.25, 0.3) is 5.65 Å². The molecule has 2 aromatic heterocycles. The lowest BCUT2D eigenvalue weighted by Crippen LogP contribution is -2.30. The summed E-state index contributed by atoms with van der Waals surface area (Å²) in [5.41, 5.74) is 1.96. The smallest absolute Gasteiger partial charge is 0.257 e. The summed E-state index contributed by atoms with van der Waals surface area (Å²) in [6.45, 7) is 2.50. The third-order valence-corrected chi connectivity index (χ3v) is 3.45. The van der Waals surface area contributed by atoms with E-state index in [2.05, 4.69) is 15.5 Å². The molecule has 0 saturated carbocycles. The zero-order valence-electron chi connectivity index (χ0n) is 12.9. The van der Waals surface area contributed by atoms with Gasteiger partial charge in [-0.25, -0.2) is 0 Å². The van der Waals surface area contributed by atoms with E-state index < -0.39 is 0 Å². The van der Waals surface area contributed by atoms with Crippen molar-refractivity contribution in [2.45, 2.75) is 13.3 Å². The third kappa shape index (κ3) is 3.85. The first-order valence-electron chi connectivity index (χ1n) is 7.47. The zero-order chi connectivity index (χ0) is 16.1. The van der Waals surface area contributed by atoms with Crippen LogP contribution in [0, 0.1) is 6.92 Å². The first-order valence-corrected chi connectivity index (χ1v) is 7.47. The number of aryl methyl sites for hydroxylation is 1. The van der Waals surface area contributed by atoms with E-state index in [9.17, 15) is 4.79 Å². The minimum atomic E-state index is -0.153. The van der Waals surface area contributed by atoms with Crippen molar-refractivity contribution in [2.24, 2.45) is 0 Å². The van der Waals surface area contributed by atoms with Gasteiger partial charge in [0, 0.05) is 19.2 Å². The molecular formula is C17H18N4O2. The van der Waals surface area contributed by atoms with Crippen LogP contribution in [-0.2, 0) is 11.2 Å². The van der Waals surface area contributed by atoms with Crippen LogP contribution in [0.5, 0.6) is 5.75 Å². The third-order valence-electron chi connectivity index (χ3n) is 3.45. The van der Waals surface area contributed by atoms with Gasteiger partial charge < -0.3 is 10.1 Å². The molecule has 0 bridgehead atoms. The van der Waals surface area contributed by atoms with Crippen molar-refractivity contribution in [3.8, 4) is 5.75 Å². The number of carbonyl (C=O) groups is 1. The first kappa shape index (κ1) is 15.0. The van der Waals surface area contributed by atoms with Gasteiger partial charge in [-0.1, -0.05) is 23.8 Å². The summed E-state index contributed by atoms with van der Waals surface area (Å²) in [5, 5.41) is 11.0. The molecule has 1 N–H and O–H groups in total. The second kappa shape index (κ2) is 6.91. The minimum absolute atomic E-state index is 0.00361. The van der Waals surface area contributed by atoms with Crippen molar-refractivity contribution in [3.63, 3.8) is 0 Å². The molecule has 0 saturated heterocycles. The number of ether oxygens (including phenoxy) is 1. The van der Waals surface area contributed by atoms with Crippen LogP contribution < -0.4 is 10.1 Å². The van der Waals surface area contributed by atoms with Gasteiger partial charge in [-0.05, 0) is 31.2 Å². The molecule has 0 aliphatic rings. The number of amides is 1. The highest BCUT2D eigenvalue weighted by Gasteiger charge is 2.06. The average Bonchev–Trinajstić information content (AvgIpc) is 2.98. The second-order valence-electron chi connectivity index (χ2n) is 5.25. The van der Waals surface area contributed by atoms with E-state index in [1.54, 1.807) is 0 Å². The summed E-state index contributed by atoms with van der Waals surface area (Å²) < 4.78 is 7.35. The van der Waals surface area contributed by atoms with Crippen LogP contribution in [0.1, 0.15) is 11.4 Å². The van der Waals surface area contributed by atoms with Gasteiger partial charge in [-0.3, -0.25) is 9.20 Å². The number of rotatable bonds is 6. The van der Waals surface area contributed by atoms with Crippen molar-refractivity contribution in [3.05, 3.63) is 60.0 Å². The fourth-order valence-corrected chi connectivity index (χ4v) is 2.21. The average molecular weight is 310 g/mol. The largest absolute Gasteiger partial charge is 0.484 e. The maximum atomic E-state index is 11.8. The highest BCUT2D eigenvalue weighted by Crippen LogP contribution is 2.10. The lowest BCUT2D eigenvalue weighted by Gasteiger charge is -2.07. The maximum absolute atomic E-state index is 11.8. The summed E-state index contributed by atoms with van der Waals surface area (Å²) in [6.07, 6.45) is 2.52. The fraction of sp³-hybridized carbons (Fsp3) is 0.235. The van der Waals surface area contributed by atoms with Crippen molar-refractivity contribution in [1.29, 1.82) is 0 Å². The SMILES string of the molecule is Cc1ccc(OCC(=O)NCCc2nnc3ccccn23)cc1. The second-order valence-corrected chi connectivity index (χ2v) is 5.25. The van der Waals surface area contributed by atoms with Crippen LogP contribution in [0.15, 0.2) is 48.7 Å². The van der Waals surface area contributed by atoms with Crippen LogP contribution in [-0.4, -0.2) is 33.7 Å². The van der Waals surface area contributed by atoms with E-state index in [1.165, 1.54) is 0 Å². The summed E-state index contributed by atoms with van der Waals surface area (Å²) in [4.78, 5) is 11.8. The molecule has 6 nitrogen and oxygen atoms in total. The molecule has 118 valence electrons. The molecule has 6 heteroatoms. The Morgan fingerprint density at radius 1 is 1.17 bits per heavy atom. The van der Waals surface area contributed by atoms with Gasteiger partial charge in [0.05, 0.1) is 0 Å². The van der Waals surface area contributed by atoms with E-state index in [0.29, 0.717) is 18.7 Å². The lowest BCUT2D eigenvalue weighted by atomic mass is 10.2. The Labute approximate surface area is 134 Å². The Bertz CT molecular complexity index is 796. The Kier molecular flexibility index (Phi) is 4.52. The van der Waals surface area contributed by atoms with E-state index in [0.717, 1.165) is 17.0 Å². The van der Waals surface area contributed by atoms with Crippen LogP contribution in [0.3, 0.4) is 0 Å². The van der Waals surface area contributed by atoms with Crippen molar-refractivity contribution >= 4 is 11.6 Å².